The van der Waals surface area contributed by atoms with Crippen molar-refractivity contribution in [1.82, 2.24) is 19.9 Å². The lowest BCUT2D eigenvalue weighted by molar-refractivity contribution is 0.00600. The minimum Gasteiger partial charge on any atom is -0.444 e. The van der Waals surface area contributed by atoms with E-state index in [2.05, 4.69) is 28.9 Å². The van der Waals surface area contributed by atoms with Gasteiger partial charge in [-0.05, 0) is 58.9 Å². The molecule has 3 rings (SSSR count). The number of carbonyl (C=O) groups excluding carboxylic acids is 1. The third kappa shape index (κ3) is 5.46. The highest BCUT2D eigenvalue weighted by Crippen LogP contribution is 2.31. The SMILES string of the molecule is CC(C)Cc1nc(CN2CCCCC2C2CCCN2C(=O)OC(C)(C)C)no1. The van der Waals surface area contributed by atoms with Crippen LogP contribution in [0.4, 0.5) is 4.79 Å². The van der Waals surface area contributed by atoms with Crippen molar-refractivity contribution in [2.75, 3.05) is 13.1 Å². The minimum absolute atomic E-state index is 0.181. The Morgan fingerprint density at radius 1 is 1.18 bits per heavy atom. The van der Waals surface area contributed by atoms with Crippen LogP contribution in [0.5, 0.6) is 0 Å². The van der Waals surface area contributed by atoms with Crippen molar-refractivity contribution in [2.24, 2.45) is 5.92 Å². The van der Waals surface area contributed by atoms with Gasteiger partial charge in [0.25, 0.3) is 0 Å². The third-order valence-corrected chi connectivity index (χ3v) is 5.47. The van der Waals surface area contributed by atoms with E-state index in [0.717, 1.165) is 50.5 Å². The summed E-state index contributed by atoms with van der Waals surface area (Å²) in [6.45, 7) is 12.5. The molecule has 2 saturated heterocycles. The van der Waals surface area contributed by atoms with E-state index in [9.17, 15) is 4.79 Å². The van der Waals surface area contributed by atoms with Crippen LogP contribution in [0.1, 0.15) is 78.4 Å². The van der Waals surface area contributed by atoms with Gasteiger partial charge in [0, 0.05) is 19.0 Å². The van der Waals surface area contributed by atoms with Gasteiger partial charge in [-0.3, -0.25) is 4.90 Å². The van der Waals surface area contributed by atoms with E-state index in [1.54, 1.807) is 0 Å². The number of hydrogen-bond donors (Lipinski definition) is 0. The number of likely N-dealkylation sites (tertiary alicyclic amines) is 2. The summed E-state index contributed by atoms with van der Waals surface area (Å²) in [5.41, 5.74) is -0.464. The lowest BCUT2D eigenvalue weighted by atomic mass is 9.94. The molecule has 0 aliphatic carbocycles. The van der Waals surface area contributed by atoms with Crippen molar-refractivity contribution in [1.29, 1.82) is 0 Å². The topological polar surface area (TPSA) is 71.7 Å². The van der Waals surface area contributed by atoms with Gasteiger partial charge in [0.15, 0.2) is 5.82 Å². The lowest BCUT2D eigenvalue weighted by Crippen LogP contribution is -2.53. The summed E-state index contributed by atoms with van der Waals surface area (Å²) in [6, 6.07) is 0.535. The van der Waals surface area contributed by atoms with Crippen molar-refractivity contribution >= 4 is 6.09 Å². The lowest BCUT2D eigenvalue weighted by Gasteiger charge is -2.41. The first kappa shape index (κ1) is 21.1. The van der Waals surface area contributed by atoms with E-state index >= 15 is 0 Å². The standard InChI is InChI=1S/C21H36N4O3/c1-15(2)13-19-22-18(23-28-19)14-24-11-7-6-9-16(24)17-10-8-12-25(17)20(26)27-21(3,4)5/h15-17H,6-14H2,1-5H3. The molecule has 0 aromatic carbocycles. The van der Waals surface area contributed by atoms with E-state index in [4.69, 9.17) is 9.26 Å². The summed E-state index contributed by atoms with van der Waals surface area (Å²) in [6.07, 6.45) is 6.17. The van der Waals surface area contributed by atoms with E-state index in [1.807, 2.05) is 25.7 Å². The Morgan fingerprint density at radius 3 is 2.64 bits per heavy atom. The number of nitrogens with zero attached hydrogens (tertiary/aromatic N) is 4. The first-order valence-electron chi connectivity index (χ1n) is 10.8. The summed E-state index contributed by atoms with van der Waals surface area (Å²) >= 11 is 0. The molecule has 0 bridgehead atoms. The highest BCUT2D eigenvalue weighted by molar-refractivity contribution is 5.69. The molecule has 7 heteroatoms. The summed E-state index contributed by atoms with van der Waals surface area (Å²) in [7, 11) is 0. The van der Waals surface area contributed by atoms with Crippen LogP contribution >= 0.6 is 0 Å². The Labute approximate surface area is 168 Å². The highest BCUT2D eigenvalue weighted by Gasteiger charge is 2.40. The molecule has 1 aromatic heterocycles. The molecule has 0 saturated carbocycles. The molecule has 28 heavy (non-hydrogen) atoms. The van der Waals surface area contributed by atoms with Crippen LogP contribution in [0.3, 0.4) is 0 Å². The van der Waals surface area contributed by atoms with Gasteiger partial charge in [-0.2, -0.15) is 4.98 Å². The average Bonchev–Trinajstić information content (AvgIpc) is 3.23. The molecular formula is C21H36N4O3. The first-order chi connectivity index (χ1) is 13.2. The molecule has 2 aliphatic heterocycles. The molecule has 158 valence electrons. The minimum atomic E-state index is -0.464. The monoisotopic (exact) mass is 392 g/mol. The van der Waals surface area contributed by atoms with Crippen molar-refractivity contribution in [3.05, 3.63) is 11.7 Å². The average molecular weight is 393 g/mol. The van der Waals surface area contributed by atoms with Crippen molar-refractivity contribution < 1.29 is 14.1 Å². The highest BCUT2D eigenvalue weighted by atomic mass is 16.6. The van der Waals surface area contributed by atoms with Gasteiger partial charge >= 0.3 is 6.09 Å². The number of rotatable bonds is 5. The van der Waals surface area contributed by atoms with Crippen LogP contribution in [0.25, 0.3) is 0 Å². The van der Waals surface area contributed by atoms with Gasteiger partial charge in [-0.1, -0.05) is 25.4 Å². The fourth-order valence-electron chi connectivity index (χ4n) is 4.36. The van der Waals surface area contributed by atoms with Gasteiger partial charge in [0.2, 0.25) is 5.89 Å². The predicted octanol–water partition coefficient (Wildman–Crippen LogP) is 4.02. The Balaban J connectivity index is 1.68. The van der Waals surface area contributed by atoms with Crippen LogP contribution in [0.15, 0.2) is 4.52 Å². The molecule has 2 fully saturated rings. The molecule has 2 atom stereocenters. The van der Waals surface area contributed by atoms with E-state index in [1.165, 1.54) is 12.8 Å². The van der Waals surface area contributed by atoms with Gasteiger partial charge in [0.1, 0.15) is 5.60 Å². The Kier molecular flexibility index (Phi) is 6.63. The maximum atomic E-state index is 12.7. The molecule has 1 aromatic rings. The zero-order valence-electron chi connectivity index (χ0n) is 18.1. The van der Waals surface area contributed by atoms with Crippen LogP contribution in [-0.4, -0.2) is 56.8 Å². The van der Waals surface area contributed by atoms with Crippen LogP contribution in [-0.2, 0) is 17.7 Å². The van der Waals surface area contributed by atoms with Crippen molar-refractivity contribution in [3.63, 3.8) is 0 Å². The Hall–Kier alpha value is -1.63. The van der Waals surface area contributed by atoms with Gasteiger partial charge in [0.05, 0.1) is 12.6 Å². The number of hydrogen-bond acceptors (Lipinski definition) is 6. The largest absolute Gasteiger partial charge is 0.444 e. The predicted molar refractivity (Wildman–Crippen MR) is 107 cm³/mol. The van der Waals surface area contributed by atoms with E-state index < -0.39 is 5.60 Å². The number of ether oxygens (including phenoxy) is 1. The fraction of sp³-hybridized carbons (Fsp3) is 0.857. The van der Waals surface area contributed by atoms with Crippen LogP contribution in [0.2, 0.25) is 0 Å². The zero-order valence-corrected chi connectivity index (χ0v) is 18.1. The van der Waals surface area contributed by atoms with Crippen LogP contribution in [0, 0.1) is 5.92 Å². The molecule has 1 amide bonds. The zero-order chi connectivity index (χ0) is 20.3. The second kappa shape index (κ2) is 8.80. The molecule has 2 aliphatic rings. The number of amides is 1. The maximum absolute atomic E-state index is 12.7. The van der Waals surface area contributed by atoms with Gasteiger partial charge in [-0.15, -0.1) is 0 Å². The van der Waals surface area contributed by atoms with Gasteiger partial charge in [-0.25, -0.2) is 4.79 Å². The smallest absolute Gasteiger partial charge is 0.410 e. The second-order valence-corrected chi connectivity index (χ2v) is 9.62. The van der Waals surface area contributed by atoms with Crippen LogP contribution < -0.4 is 0 Å². The second-order valence-electron chi connectivity index (χ2n) is 9.62. The normalized spacial score (nSPS) is 24.1. The molecule has 0 N–H and O–H groups in total. The Morgan fingerprint density at radius 2 is 1.93 bits per heavy atom. The molecule has 0 spiro atoms. The molecule has 0 radical (unpaired) electrons. The molecular weight excluding hydrogens is 356 g/mol. The molecule has 2 unspecified atom stereocenters. The quantitative estimate of drug-likeness (QED) is 0.754. The van der Waals surface area contributed by atoms with E-state index in [-0.39, 0.29) is 12.1 Å². The van der Waals surface area contributed by atoms with Crippen molar-refractivity contribution in [3.8, 4) is 0 Å². The summed E-state index contributed by atoms with van der Waals surface area (Å²) < 4.78 is 11.1. The van der Waals surface area contributed by atoms with E-state index in [0.29, 0.717) is 18.5 Å². The summed E-state index contributed by atoms with van der Waals surface area (Å²) in [5, 5.41) is 4.19. The first-order valence-corrected chi connectivity index (χ1v) is 10.8. The summed E-state index contributed by atoms with van der Waals surface area (Å²) in [5.74, 6) is 1.97. The fourth-order valence-corrected chi connectivity index (χ4v) is 4.36. The van der Waals surface area contributed by atoms with Crippen molar-refractivity contribution in [2.45, 2.75) is 97.4 Å². The number of carbonyl (C=O) groups is 1. The third-order valence-electron chi connectivity index (χ3n) is 5.47. The molecule has 7 nitrogen and oxygen atoms in total. The number of piperidine rings is 1. The van der Waals surface area contributed by atoms with Gasteiger partial charge < -0.3 is 14.2 Å². The Bertz CT molecular complexity index is 652. The number of aromatic nitrogens is 2. The maximum Gasteiger partial charge on any atom is 0.410 e. The summed E-state index contributed by atoms with van der Waals surface area (Å²) in [4.78, 5) is 21.7. The molecule has 3 heterocycles.